The minimum absolute atomic E-state index is 0.0787. The van der Waals surface area contributed by atoms with Crippen LogP contribution in [0.4, 0.5) is 5.69 Å². The summed E-state index contributed by atoms with van der Waals surface area (Å²) in [7, 11) is -3.61. The van der Waals surface area contributed by atoms with Crippen LogP contribution in [0.25, 0.3) is 0 Å². The number of nitrogens with two attached hydrogens (primary N) is 1. The minimum atomic E-state index is -3.61. The predicted octanol–water partition coefficient (Wildman–Crippen LogP) is 3.12. The van der Waals surface area contributed by atoms with E-state index in [1.807, 2.05) is 20.8 Å². The molecule has 0 aliphatic rings. The van der Waals surface area contributed by atoms with Gasteiger partial charge in [-0.3, -0.25) is 0 Å². The molecule has 0 amide bonds. The van der Waals surface area contributed by atoms with E-state index in [1.54, 1.807) is 12.1 Å². The molecule has 1 aromatic carbocycles. The first kappa shape index (κ1) is 15.9. The van der Waals surface area contributed by atoms with Crippen molar-refractivity contribution in [2.24, 2.45) is 5.41 Å². The molecule has 0 saturated heterocycles. The summed E-state index contributed by atoms with van der Waals surface area (Å²) < 4.78 is 28.1. The number of nitrogen functional groups attached to an aromatic ring is 1. The van der Waals surface area contributed by atoms with Crippen LogP contribution in [-0.4, -0.2) is 15.0 Å². The lowest BCUT2D eigenvalue weighted by atomic mass is 9.98. The van der Waals surface area contributed by atoms with Gasteiger partial charge in [0, 0.05) is 15.5 Å². The summed E-state index contributed by atoms with van der Waals surface area (Å²) in [5.74, 6) is 0. The largest absolute Gasteiger partial charge is 0.398 e. The second-order valence-electron chi connectivity index (χ2n) is 5.19. The van der Waals surface area contributed by atoms with Crippen molar-refractivity contribution < 1.29 is 8.42 Å². The summed E-state index contributed by atoms with van der Waals surface area (Å²) in [6.07, 6.45) is 0. The maximum atomic E-state index is 12.2. The number of anilines is 1. The Kier molecular flexibility index (Phi) is 4.86. The molecule has 18 heavy (non-hydrogen) atoms. The Labute approximate surface area is 125 Å². The molecule has 0 fully saturated rings. The summed E-state index contributed by atoms with van der Waals surface area (Å²) >= 11 is 6.48. The Morgan fingerprint density at radius 2 is 1.83 bits per heavy atom. The number of hydrogen-bond acceptors (Lipinski definition) is 3. The third-order valence-electron chi connectivity index (χ3n) is 2.10. The third kappa shape index (κ3) is 4.22. The summed E-state index contributed by atoms with van der Waals surface area (Å²) in [4.78, 5) is 0.0787. The normalized spacial score (nSPS) is 12.7. The summed E-state index contributed by atoms with van der Waals surface area (Å²) in [5, 5.41) is 0. The molecule has 1 rings (SSSR count). The van der Waals surface area contributed by atoms with E-state index in [0.717, 1.165) is 4.47 Å². The van der Waals surface area contributed by atoms with Gasteiger partial charge in [-0.1, -0.05) is 36.7 Å². The summed E-state index contributed by atoms with van der Waals surface area (Å²) in [6.45, 7) is 6.21. The van der Waals surface area contributed by atoms with Crippen LogP contribution in [0, 0.1) is 5.41 Å². The fourth-order valence-electron chi connectivity index (χ4n) is 1.25. The lowest BCUT2D eigenvalue weighted by molar-refractivity contribution is 0.407. The average molecular weight is 400 g/mol. The monoisotopic (exact) mass is 398 g/mol. The van der Waals surface area contributed by atoms with Gasteiger partial charge in [0.2, 0.25) is 10.0 Å². The fraction of sp³-hybridized carbons (Fsp3) is 0.455. The third-order valence-corrected chi connectivity index (χ3v) is 4.96. The molecule has 0 unspecified atom stereocenters. The van der Waals surface area contributed by atoms with Crippen molar-refractivity contribution in [3.8, 4) is 0 Å². The number of benzene rings is 1. The molecule has 3 N–H and O–H groups in total. The van der Waals surface area contributed by atoms with Crippen LogP contribution >= 0.6 is 31.9 Å². The molecular formula is C11H16Br2N2O2S. The topological polar surface area (TPSA) is 72.2 Å². The second-order valence-corrected chi connectivity index (χ2v) is 8.66. The Balaban J connectivity index is 3.14. The molecule has 0 bridgehead atoms. The fourth-order valence-corrected chi connectivity index (χ4v) is 4.60. The lowest BCUT2D eigenvalue weighted by Crippen LogP contribution is -2.32. The molecule has 102 valence electrons. The van der Waals surface area contributed by atoms with E-state index in [0.29, 0.717) is 11.0 Å². The molecule has 0 atom stereocenters. The van der Waals surface area contributed by atoms with Gasteiger partial charge in [0.05, 0.1) is 5.69 Å². The quantitative estimate of drug-likeness (QED) is 0.767. The zero-order chi connectivity index (χ0) is 14.1. The van der Waals surface area contributed by atoms with Crippen molar-refractivity contribution in [3.63, 3.8) is 0 Å². The molecular weight excluding hydrogens is 384 g/mol. The van der Waals surface area contributed by atoms with Gasteiger partial charge in [0.25, 0.3) is 0 Å². The first-order valence-electron chi connectivity index (χ1n) is 5.27. The first-order chi connectivity index (χ1) is 8.03. The standard InChI is InChI=1S/C11H16Br2N2O2S/c1-11(2,3)6-15-18(16,17)10-8(13)4-7(12)5-9(10)14/h4-5,15H,6,14H2,1-3H3. The molecule has 0 saturated carbocycles. The number of nitrogens with one attached hydrogen (secondary N) is 1. The first-order valence-corrected chi connectivity index (χ1v) is 8.34. The van der Waals surface area contributed by atoms with Crippen LogP contribution in [0.15, 0.2) is 26.0 Å². The van der Waals surface area contributed by atoms with Crippen LogP contribution in [0.1, 0.15) is 20.8 Å². The van der Waals surface area contributed by atoms with E-state index in [9.17, 15) is 8.42 Å². The van der Waals surface area contributed by atoms with Gasteiger partial charge in [-0.25, -0.2) is 13.1 Å². The van der Waals surface area contributed by atoms with Crippen LogP contribution < -0.4 is 10.5 Å². The van der Waals surface area contributed by atoms with Crippen LogP contribution in [-0.2, 0) is 10.0 Å². The molecule has 1 aromatic rings. The smallest absolute Gasteiger partial charge is 0.243 e. The van der Waals surface area contributed by atoms with Crippen molar-refractivity contribution in [2.45, 2.75) is 25.7 Å². The zero-order valence-electron chi connectivity index (χ0n) is 10.4. The Hall–Kier alpha value is -0.110. The van der Waals surface area contributed by atoms with Crippen molar-refractivity contribution in [2.75, 3.05) is 12.3 Å². The zero-order valence-corrected chi connectivity index (χ0v) is 14.4. The Morgan fingerprint density at radius 1 is 1.28 bits per heavy atom. The van der Waals surface area contributed by atoms with Gasteiger partial charge in [0.15, 0.2) is 0 Å². The highest BCUT2D eigenvalue weighted by molar-refractivity contribution is 9.11. The van der Waals surface area contributed by atoms with E-state index >= 15 is 0 Å². The molecule has 0 aromatic heterocycles. The van der Waals surface area contributed by atoms with Crippen molar-refractivity contribution in [1.82, 2.24) is 4.72 Å². The van der Waals surface area contributed by atoms with E-state index in [1.165, 1.54) is 0 Å². The van der Waals surface area contributed by atoms with Gasteiger partial charge in [-0.15, -0.1) is 0 Å². The molecule has 0 radical (unpaired) electrons. The molecule has 0 heterocycles. The van der Waals surface area contributed by atoms with E-state index in [-0.39, 0.29) is 16.0 Å². The Bertz CT molecular complexity index is 528. The van der Waals surface area contributed by atoms with Gasteiger partial charge in [-0.2, -0.15) is 0 Å². The van der Waals surface area contributed by atoms with Gasteiger partial charge >= 0.3 is 0 Å². The molecule has 0 aliphatic heterocycles. The molecule has 7 heteroatoms. The van der Waals surface area contributed by atoms with E-state index in [4.69, 9.17) is 5.73 Å². The van der Waals surface area contributed by atoms with Crippen molar-refractivity contribution in [1.29, 1.82) is 0 Å². The summed E-state index contributed by atoms with van der Waals surface area (Å²) in [5.41, 5.74) is 5.84. The maximum absolute atomic E-state index is 12.2. The number of halogens is 2. The van der Waals surface area contributed by atoms with Crippen molar-refractivity contribution in [3.05, 3.63) is 21.1 Å². The van der Waals surface area contributed by atoms with Crippen molar-refractivity contribution >= 4 is 47.6 Å². The SMILES string of the molecule is CC(C)(C)CNS(=O)(=O)c1c(N)cc(Br)cc1Br. The molecule has 4 nitrogen and oxygen atoms in total. The molecule has 0 aliphatic carbocycles. The highest BCUT2D eigenvalue weighted by atomic mass is 79.9. The van der Waals surface area contributed by atoms with Gasteiger partial charge in [-0.05, 0) is 33.5 Å². The number of sulfonamides is 1. The number of rotatable bonds is 3. The molecule has 0 spiro atoms. The predicted molar refractivity (Wildman–Crippen MR) is 80.9 cm³/mol. The highest BCUT2D eigenvalue weighted by Crippen LogP contribution is 2.31. The van der Waals surface area contributed by atoms with E-state index < -0.39 is 10.0 Å². The van der Waals surface area contributed by atoms with Crippen LogP contribution in [0.5, 0.6) is 0 Å². The maximum Gasteiger partial charge on any atom is 0.243 e. The minimum Gasteiger partial charge on any atom is -0.398 e. The van der Waals surface area contributed by atoms with Gasteiger partial charge < -0.3 is 5.73 Å². The number of hydrogen-bond donors (Lipinski definition) is 2. The van der Waals surface area contributed by atoms with Crippen LogP contribution in [0.2, 0.25) is 0 Å². The lowest BCUT2D eigenvalue weighted by Gasteiger charge is -2.19. The Morgan fingerprint density at radius 3 is 2.28 bits per heavy atom. The second kappa shape index (κ2) is 5.48. The average Bonchev–Trinajstić information content (AvgIpc) is 2.11. The van der Waals surface area contributed by atoms with E-state index in [2.05, 4.69) is 36.6 Å². The highest BCUT2D eigenvalue weighted by Gasteiger charge is 2.23. The van der Waals surface area contributed by atoms with Gasteiger partial charge in [0.1, 0.15) is 4.90 Å². The van der Waals surface area contributed by atoms with Crippen LogP contribution in [0.3, 0.4) is 0 Å². The summed E-state index contributed by atoms with van der Waals surface area (Å²) in [6, 6.07) is 3.22.